The van der Waals surface area contributed by atoms with E-state index in [2.05, 4.69) is 14.9 Å². The SMILES string of the molecule is Cc1nnsc1C(=O)NCc1ccc(C(=O)c2ccco2)s1. The van der Waals surface area contributed by atoms with Crippen molar-refractivity contribution in [3.05, 3.63) is 56.6 Å². The molecule has 22 heavy (non-hydrogen) atoms. The highest BCUT2D eigenvalue weighted by atomic mass is 32.1. The number of carbonyl (C=O) groups is 2. The molecule has 3 aromatic rings. The lowest BCUT2D eigenvalue weighted by Gasteiger charge is -2.01. The second-order valence-corrected chi connectivity index (χ2v) is 6.36. The molecule has 3 rings (SSSR count). The summed E-state index contributed by atoms with van der Waals surface area (Å²) in [5.74, 6) is -0.0568. The summed E-state index contributed by atoms with van der Waals surface area (Å²) in [6.45, 7) is 2.09. The summed E-state index contributed by atoms with van der Waals surface area (Å²) in [6, 6.07) is 6.85. The number of hydrogen-bond acceptors (Lipinski definition) is 7. The predicted molar refractivity (Wildman–Crippen MR) is 82.3 cm³/mol. The molecule has 0 aromatic carbocycles. The molecule has 0 aliphatic carbocycles. The van der Waals surface area contributed by atoms with E-state index < -0.39 is 0 Å². The molecule has 6 nitrogen and oxygen atoms in total. The van der Waals surface area contributed by atoms with Gasteiger partial charge in [-0.25, -0.2) is 0 Å². The van der Waals surface area contributed by atoms with Crippen LogP contribution in [0, 0.1) is 6.92 Å². The summed E-state index contributed by atoms with van der Waals surface area (Å²) in [5.41, 5.74) is 0.613. The van der Waals surface area contributed by atoms with Crippen molar-refractivity contribution in [1.29, 1.82) is 0 Å². The summed E-state index contributed by atoms with van der Waals surface area (Å²) in [7, 11) is 0. The molecule has 0 spiro atoms. The largest absolute Gasteiger partial charge is 0.461 e. The van der Waals surface area contributed by atoms with Crippen LogP contribution in [0.3, 0.4) is 0 Å². The molecule has 0 atom stereocenters. The van der Waals surface area contributed by atoms with E-state index in [1.807, 2.05) is 6.07 Å². The highest BCUT2D eigenvalue weighted by molar-refractivity contribution is 7.14. The first-order chi connectivity index (χ1) is 10.6. The average molecular weight is 333 g/mol. The number of nitrogens with zero attached hydrogens (tertiary/aromatic N) is 2. The number of aromatic nitrogens is 2. The number of carbonyl (C=O) groups excluding carboxylic acids is 2. The molecule has 0 saturated carbocycles. The van der Waals surface area contributed by atoms with Gasteiger partial charge in [-0.3, -0.25) is 9.59 Å². The topological polar surface area (TPSA) is 85.1 Å². The molecule has 0 bridgehead atoms. The van der Waals surface area contributed by atoms with E-state index in [1.165, 1.54) is 17.6 Å². The highest BCUT2D eigenvalue weighted by Gasteiger charge is 2.16. The lowest BCUT2D eigenvalue weighted by atomic mass is 10.2. The second-order valence-electron chi connectivity index (χ2n) is 4.44. The minimum absolute atomic E-state index is 0.157. The summed E-state index contributed by atoms with van der Waals surface area (Å²) in [6.07, 6.45) is 1.47. The van der Waals surface area contributed by atoms with Crippen molar-refractivity contribution < 1.29 is 14.0 Å². The van der Waals surface area contributed by atoms with Crippen LogP contribution in [0.4, 0.5) is 0 Å². The number of aryl methyl sites for hydroxylation is 1. The van der Waals surface area contributed by atoms with Crippen LogP contribution in [0.1, 0.15) is 35.7 Å². The number of rotatable bonds is 5. The Balaban J connectivity index is 1.64. The fourth-order valence-electron chi connectivity index (χ4n) is 1.81. The molecule has 112 valence electrons. The lowest BCUT2D eigenvalue weighted by Crippen LogP contribution is -2.22. The van der Waals surface area contributed by atoms with E-state index >= 15 is 0 Å². The van der Waals surface area contributed by atoms with Gasteiger partial charge in [-0.15, -0.1) is 16.4 Å². The van der Waals surface area contributed by atoms with Crippen molar-refractivity contribution in [3.63, 3.8) is 0 Å². The van der Waals surface area contributed by atoms with E-state index in [0.717, 1.165) is 16.4 Å². The van der Waals surface area contributed by atoms with E-state index in [1.54, 1.807) is 25.1 Å². The average Bonchev–Trinajstić information content (AvgIpc) is 3.25. The molecule has 0 aliphatic heterocycles. The van der Waals surface area contributed by atoms with Gasteiger partial charge in [0.25, 0.3) is 5.91 Å². The van der Waals surface area contributed by atoms with Gasteiger partial charge < -0.3 is 9.73 Å². The van der Waals surface area contributed by atoms with E-state index in [-0.39, 0.29) is 11.7 Å². The smallest absolute Gasteiger partial charge is 0.265 e. The van der Waals surface area contributed by atoms with Crippen LogP contribution >= 0.6 is 22.9 Å². The second kappa shape index (κ2) is 6.20. The van der Waals surface area contributed by atoms with Gasteiger partial charge in [-0.2, -0.15) is 0 Å². The minimum atomic E-state index is -0.209. The van der Waals surface area contributed by atoms with Crippen molar-refractivity contribution in [1.82, 2.24) is 14.9 Å². The van der Waals surface area contributed by atoms with Crippen LogP contribution in [0.2, 0.25) is 0 Å². The number of furan rings is 1. The summed E-state index contributed by atoms with van der Waals surface area (Å²) >= 11 is 2.40. The summed E-state index contributed by atoms with van der Waals surface area (Å²) in [4.78, 5) is 26.0. The Morgan fingerprint density at radius 3 is 2.86 bits per heavy atom. The number of ketones is 1. The summed E-state index contributed by atoms with van der Waals surface area (Å²) < 4.78 is 8.83. The van der Waals surface area contributed by atoms with Gasteiger partial charge in [0.15, 0.2) is 5.76 Å². The van der Waals surface area contributed by atoms with Crippen LogP contribution in [0.25, 0.3) is 0 Å². The van der Waals surface area contributed by atoms with Gasteiger partial charge in [-0.1, -0.05) is 4.49 Å². The molecule has 0 unspecified atom stereocenters. The van der Waals surface area contributed by atoms with Crippen molar-refractivity contribution in [3.8, 4) is 0 Å². The van der Waals surface area contributed by atoms with Crippen LogP contribution in [-0.4, -0.2) is 21.3 Å². The molecule has 0 saturated heterocycles. The standard InChI is InChI=1S/C14H11N3O3S2/c1-8-13(22-17-16-8)14(19)15-7-9-4-5-11(21-9)12(18)10-3-2-6-20-10/h2-6H,7H2,1H3,(H,15,19). The maximum Gasteiger partial charge on any atom is 0.265 e. The molecule has 0 fully saturated rings. The monoisotopic (exact) mass is 333 g/mol. The van der Waals surface area contributed by atoms with Gasteiger partial charge >= 0.3 is 0 Å². The van der Waals surface area contributed by atoms with Crippen LogP contribution in [0.5, 0.6) is 0 Å². The predicted octanol–water partition coefficient (Wildman–Crippen LogP) is 2.66. The molecule has 1 N–H and O–H groups in total. The van der Waals surface area contributed by atoms with Crippen LogP contribution < -0.4 is 5.32 Å². The molecule has 3 heterocycles. The molecule has 0 radical (unpaired) electrons. The van der Waals surface area contributed by atoms with Gasteiger partial charge in [0.1, 0.15) is 4.88 Å². The lowest BCUT2D eigenvalue weighted by molar-refractivity contribution is 0.0953. The third-order valence-corrected chi connectivity index (χ3v) is 4.82. The molecule has 8 heteroatoms. The third kappa shape index (κ3) is 2.97. The number of hydrogen-bond donors (Lipinski definition) is 1. The zero-order chi connectivity index (χ0) is 15.5. The van der Waals surface area contributed by atoms with Gasteiger partial charge in [0, 0.05) is 4.88 Å². The number of amides is 1. The van der Waals surface area contributed by atoms with Crippen LogP contribution in [0.15, 0.2) is 34.9 Å². The number of thiophene rings is 1. The van der Waals surface area contributed by atoms with E-state index in [9.17, 15) is 9.59 Å². The van der Waals surface area contributed by atoms with Crippen molar-refractivity contribution >= 4 is 34.6 Å². The zero-order valence-corrected chi connectivity index (χ0v) is 13.2. The Bertz CT molecular complexity index is 805. The Morgan fingerprint density at radius 2 is 2.18 bits per heavy atom. The van der Waals surface area contributed by atoms with E-state index in [4.69, 9.17) is 4.42 Å². The Kier molecular flexibility index (Phi) is 4.12. The maximum absolute atomic E-state index is 12.1. The first-order valence-electron chi connectivity index (χ1n) is 6.39. The molecule has 0 aliphatic rings. The maximum atomic E-state index is 12.1. The van der Waals surface area contributed by atoms with Crippen molar-refractivity contribution in [2.24, 2.45) is 0 Å². The Morgan fingerprint density at radius 1 is 1.32 bits per heavy atom. The zero-order valence-electron chi connectivity index (χ0n) is 11.5. The summed E-state index contributed by atoms with van der Waals surface area (Å²) in [5, 5.41) is 6.60. The minimum Gasteiger partial charge on any atom is -0.461 e. The van der Waals surface area contributed by atoms with E-state index in [0.29, 0.717) is 27.8 Å². The van der Waals surface area contributed by atoms with Gasteiger partial charge in [-0.05, 0) is 42.7 Å². The quantitative estimate of drug-likeness (QED) is 0.726. The fraction of sp³-hybridized carbons (Fsp3) is 0.143. The van der Waals surface area contributed by atoms with Gasteiger partial charge in [0.05, 0.1) is 23.4 Å². The molecule has 1 amide bonds. The Labute approximate surface area is 134 Å². The molecule has 3 aromatic heterocycles. The van der Waals surface area contributed by atoms with Gasteiger partial charge in [0.2, 0.25) is 5.78 Å². The van der Waals surface area contributed by atoms with Crippen molar-refractivity contribution in [2.45, 2.75) is 13.5 Å². The first-order valence-corrected chi connectivity index (χ1v) is 7.98. The Hall–Kier alpha value is -2.32. The molecular formula is C14H11N3O3S2. The fourth-order valence-corrected chi connectivity index (χ4v) is 3.28. The third-order valence-electron chi connectivity index (χ3n) is 2.91. The highest BCUT2D eigenvalue weighted by Crippen LogP contribution is 2.20. The normalized spacial score (nSPS) is 10.6. The van der Waals surface area contributed by atoms with Crippen molar-refractivity contribution in [2.75, 3.05) is 0 Å². The number of nitrogens with one attached hydrogen (secondary N) is 1. The van der Waals surface area contributed by atoms with Crippen LogP contribution in [-0.2, 0) is 6.54 Å². The molecular weight excluding hydrogens is 322 g/mol. The first kappa shape index (κ1) is 14.6.